The van der Waals surface area contributed by atoms with Crippen molar-refractivity contribution in [1.82, 2.24) is 5.32 Å². The van der Waals surface area contributed by atoms with Crippen LogP contribution in [0.5, 0.6) is 5.75 Å². The Morgan fingerprint density at radius 2 is 2.07 bits per heavy atom. The van der Waals surface area contributed by atoms with Gasteiger partial charge in [0, 0.05) is 5.56 Å². The molecule has 2 heterocycles. The highest BCUT2D eigenvalue weighted by atomic mass is 16.5. The second-order valence-electron chi connectivity index (χ2n) is 4.34. The number of benzene rings is 1. The van der Waals surface area contributed by atoms with Crippen molar-refractivity contribution in [1.29, 1.82) is 0 Å². The van der Waals surface area contributed by atoms with Crippen molar-refractivity contribution in [2.75, 3.05) is 13.1 Å². The molecule has 0 amide bonds. The van der Waals surface area contributed by atoms with Crippen molar-refractivity contribution in [2.24, 2.45) is 0 Å². The number of rotatable bonds is 0. The number of phenols is 1. The van der Waals surface area contributed by atoms with Crippen molar-refractivity contribution in [3.8, 4) is 5.75 Å². The number of nitrogens with one attached hydrogen (secondary N) is 1. The van der Waals surface area contributed by atoms with E-state index in [2.05, 4.69) is 11.4 Å². The van der Waals surface area contributed by atoms with Crippen LogP contribution in [-0.4, -0.2) is 18.2 Å². The smallest absolute Gasteiger partial charge is 0.121 e. The zero-order valence-corrected chi connectivity index (χ0v) is 8.62. The summed E-state index contributed by atoms with van der Waals surface area (Å²) in [6.07, 6.45) is 2.01. The van der Waals surface area contributed by atoms with Gasteiger partial charge < -0.3 is 15.2 Å². The summed E-state index contributed by atoms with van der Waals surface area (Å²) < 4.78 is 5.93. The van der Waals surface area contributed by atoms with E-state index in [1.165, 1.54) is 5.56 Å². The van der Waals surface area contributed by atoms with Crippen LogP contribution in [-0.2, 0) is 16.9 Å². The maximum absolute atomic E-state index is 9.75. The Morgan fingerprint density at radius 3 is 2.87 bits per heavy atom. The molecule has 1 saturated heterocycles. The lowest BCUT2D eigenvalue weighted by atomic mass is 9.84. The number of phenolic OH excluding ortho intramolecular Hbond substituents is 1. The Balaban J connectivity index is 2.06. The number of piperidine rings is 1. The van der Waals surface area contributed by atoms with Gasteiger partial charge in [-0.2, -0.15) is 0 Å². The largest absolute Gasteiger partial charge is 0.508 e. The van der Waals surface area contributed by atoms with Gasteiger partial charge in [-0.05, 0) is 37.6 Å². The molecular formula is C12H15NO2. The molecule has 0 atom stereocenters. The molecule has 2 N–H and O–H groups in total. The molecule has 0 saturated carbocycles. The number of hydrogen-bond acceptors (Lipinski definition) is 3. The highest BCUT2D eigenvalue weighted by molar-refractivity contribution is 5.44. The van der Waals surface area contributed by atoms with Crippen LogP contribution < -0.4 is 5.32 Å². The van der Waals surface area contributed by atoms with Gasteiger partial charge in [-0.1, -0.05) is 12.1 Å². The van der Waals surface area contributed by atoms with E-state index in [1.54, 1.807) is 6.07 Å². The molecule has 15 heavy (non-hydrogen) atoms. The Bertz CT molecular complexity index is 383. The van der Waals surface area contributed by atoms with Crippen molar-refractivity contribution >= 4 is 0 Å². The molecule has 0 bridgehead atoms. The molecule has 1 spiro atoms. The molecule has 3 heteroatoms. The van der Waals surface area contributed by atoms with Gasteiger partial charge >= 0.3 is 0 Å². The number of aromatic hydroxyl groups is 1. The van der Waals surface area contributed by atoms with Gasteiger partial charge in [-0.15, -0.1) is 0 Å². The van der Waals surface area contributed by atoms with E-state index in [4.69, 9.17) is 4.74 Å². The fourth-order valence-corrected chi connectivity index (χ4v) is 2.69. The number of fused-ring (bicyclic) bond motifs is 2. The van der Waals surface area contributed by atoms with Gasteiger partial charge in [0.05, 0.1) is 12.2 Å². The van der Waals surface area contributed by atoms with Crippen molar-refractivity contribution in [3.63, 3.8) is 0 Å². The first kappa shape index (κ1) is 9.19. The summed E-state index contributed by atoms with van der Waals surface area (Å²) in [7, 11) is 0. The first-order valence-corrected chi connectivity index (χ1v) is 5.48. The van der Waals surface area contributed by atoms with Crippen molar-refractivity contribution < 1.29 is 9.84 Å². The summed E-state index contributed by atoms with van der Waals surface area (Å²) in [5, 5.41) is 13.1. The third-order valence-corrected chi connectivity index (χ3v) is 3.55. The lowest BCUT2D eigenvalue weighted by Gasteiger charge is -2.33. The topological polar surface area (TPSA) is 41.5 Å². The maximum Gasteiger partial charge on any atom is 0.121 e. The SMILES string of the molecule is Oc1cccc2c1COC21CCNCC1. The van der Waals surface area contributed by atoms with Gasteiger partial charge in [-0.25, -0.2) is 0 Å². The first-order chi connectivity index (χ1) is 7.32. The fraction of sp³-hybridized carbons (Fsp3) is 0.500. The van der Waals surface area contributed by atoms with Crippen LogP contribution in [0, 0.1) is 0 Å². The van der Waals surface area contributed by atoms with Gasteiger partial charge in [-0.3, -0.25) is 0 Å². The highest BCUT2D eigenvalue weighted by Crippen LogP contribution is 2.45. The molecule has 2 aliphatic rings. The van der Waals surface area contributed by atoms with Crippen LogP contribution in [0.15, 0.2) is 18.2 Å². The van der Waals surface area contributed by atoms with E-state index in [0.717, 1.165) is 31.5 Å². The third-order valence-electron chi connectivity index (χ3n) is 3.55. The van der Waals surface area contributed by atoms with Crippen LogP contribution >= 0.6 is 0 Å². The molecule has 1 aromatic rings. The van der Waals surface area contributed by atoms with Gasteiger partial charge in [0.2, 0.25) is 0 Å². The summed E-state index contributed by atoms with van der Waals surface area (Å²) in [4.78, 5) is 0. The van der Waals surface area contributed by atoms with Crippen molar-refractivity contribution in [2.45, 2.75) is 25.0 Å². The molecular weight excluding hydrogens is 190 g/mol. The molecule has 0 unspecified atom stereocenters. The van der Waals surface area contributed by atoms with E-state index in [0.29, 0.717) is 12.4 Å². The first-order valence-electron chi connectivity index (χ1n) is 5.48. The van der Waals surface area contributed by atoms with E-state index in [1.807, 2.05) is 6.07 Å². The number of ether oxygens (including phenoxy) is 1. The minimum Gasteiger partial charge on any atom is -0.508 e. The van der Waals surface area contributed by atoms with Crippen LogP contribution in [0.3, 0.4) is 0 Å². The summed E-state index contributed by atoms with van der Waals surface area (Å²) in [5.74, 6) is 0.378. The monoisotopic (exact) mass is 205 g/mol. The Hall–Kier alpha value is -1.06. The predicted molar refractivity (Wildman–Crippen MR) is 56.7 cm³/mol. The van der Waals surface area contributed by atoms with Gasteiger partial charge in [0.1, 0.15) is 5.75 Å². The Labute approximate surface area is 89.1 Å². The molecule has 3 rings (SSSR count). The number of hydrogen-bond donors (Lipinski definition) is 2. The molecule has 0 radical (unpaired) electrons. The van der Waals surface area contributed by atoms with Crippen LogP contribution in [0.4, 0.5) is 0 Å². The van der Waals surface area contributed by atoms with Gasteiger partial charge in [0.15, 0.2) is 0 Å². The zero-order chi connectivity index (χ0) is 10.3. The van der Waals surface area contributed by atoms with Gasteiger partial charge in [0.25, 0.3) is 0 Å². The van der Waals surface area contributed by atoms with Crippen LogP contribution in [0.2, 0.25) is 0 Å². The molecule has 1 aromatic carbocycles. The predicted octanol–water partition coefficient (Wildman–Crippen LogP) is 1.50. The fourth-order valence-electron chi connectivity index (χ4n) is 2.69. The third kappa shape index (κ3) is 1.27. The minimum atomic E-state index is -0.126. The van der Waals surface area contributed by atoms with E-state index >= 15 is 0 Å². The van der Waals surface area contributed by atoms with Crippen molar-refractivity contribution in [3.05, 3.63) is 29.3 Å². The molecule has 80 valence electrons. The normalized spacial score (nSPS) is 22.9. The zero-order valence-electron chi connectivity index (χ0n) is 8.62. The Kier molecular flexibility index (Phi) is 1.97. The Morgan fingerprint density at radius 1 is 1.27 bits per heavy atom. The van der Waals surface area contributed by atoms with E-state index in [9.17, 15) is 5.11 Å². The van der Waals surface area contributed by atoms with Crippen LogP contribution in [0.25, 0.3) is 0 Å². The lowest BCUT2D eigenvalue weighted by molar-refractivity contribution is -0.0591. The standard InChI is InChI=1S/C12H15NO2/c14-11-3-1-2-10-9(11)8-15-12(10)4-6-13-7-5-12/h1-3,13-14H,4-8H2. The molecule has 0 aliphatic carbocycles. The van der Waals surface area contributed by atoms with E-state index < -0.39 is 0 Å². The summed E-state index contributed by atoms with van der Waals surface area (Å²) >= 11 is 0. The second kappa shape index (κ2) is 3.22. The second-order valence-corrected chi connectivity index (χ2v) is 4.34. The maximum atomic E-state index is 9.75. The minimum absolute atomic E-state index is 0.126. The highest BCUT2D eigenvalue weighted by Gasteiger charge is 2.41. The molecule has 1 fully saturated rings. The van der Waals surface area contributed by atoms with Crippen LogP contribution in [0.1, 0.15) is 24.0 Å². The average molecular weight is 205 g/mol. The molecule has 3 nitrogen and oxygen atoms in total. The lowest BCUT2D eigenvalue weighted by Crippen LogP contribution is -2.39. The molecule has 0 aromatic heterocycles. The quantitative estimate of drug-likeness (QED) is 0.674. The summed E-state index contributed by atoms with van der Waals surface area (Å²) in [6, 6.07) is 5.74. The average Bonchev–Trinajstić information content (AvgIpc) is 2.61. The summed E-state index contributed by atoms with van der Waals surface area (Å²) in [5.41, 5.74) is 2.06. The van der Waals surface area contributed by atoms with E-state index in [-0.39, 0.29) is 5.60 Å². The molecule has 2 aliphatic heterocycles. The summed E-state index contributed by atoms with van der Waals surface area (Å²) in [6.45, 7) is 2.55.